The molecule has 2 atom stereocenters. The Balaban J connectivity index is 1.21. The van der Waals surface area contributed by atoms with Crippen LogP contribution in [0.1, 0.15) is 105 Å². The van der Waals surface area contributed by atoms with Gasteiger partial charge >= 0.3 is 12.2 Å². The summed E-state index contributed by atoms with van der Waals surface area (Å²) < 4.78 is 11.1. The lowest BCUT2D eigenvalue weighted by molar-refractivity contribution is -0.120. The molecule has 0 spiro atoms. The molecular formula is C36H46N6O7. The monoisotopic (exact) mass is 674 g/mol. The van der Waals surface area contributed by atoms with E-state index in [0.717, 1.165) is 12.8 Å². The molecule has 3 N–H and O–H groups in total. The number of fused-ring (bicyclic) bond motifs is 1. The zero-order chi connectivity index (χ0) is 35.7. The molecule has 2 fully saturated rings. The van der Waals surface area contributed by atoms with Crippen molar-refractivity contribution in [2.24, 2.45) is 0 Å². The SMILES string of the molecule is Cc1c(NC(=O)[C@@H]2CCCN2C(=O)OC(C)(C)C)cccc1C(=O)NCC(=O)c1ccc2nc([C@@H]3CCCN3C(=O)OC(C)(C)C)[nH]c2c1. The van der Waals surface area contributed by atoms with Crippen molar-refractivity contribution >= 4 is 46.5 Å². The van der Waals surface area contributed by atoms with E-state index in [0.29, 0.717) is 65.2 Å². The first-order chi connectivity index (χ1) is 23.0. The van der Waals surface area contributed by atoms with E-state index in [1.807, 2.05) is 20.8 Å². The fraction of sp³-hybridized carbons (Fsp3) is 0.500. The summed E-state index contributed by atoms with van der Waals surface area (Å²) in [5, 5.41) is 5.57. The third-order valence-corrected chi connectivity index (χ3v) is 8.45. The summed E-state index contributed by atoms with van der Waals surface area (Å²) in [4.78, 5) is 76.1. The van der Waals surface area contributed by atoms with Gasteiger partial charge in [-0.15, -0.1) is 0 Å². The average molecular weight is 675 g/mol. The van der Waals surface area contributed by atoms with E-state index in [-0.39, 0.29) is 30.4 Å². The largest absolute Gasteiger partial charge is 0.444 e. The minimum Gasteiger partial charge on any atom is -0.444 e. The van der Waals surface area contributed by atoms with Crippen LogP contribution in [0.25, 0.3) is 11.0 Å². The number of carbonyl (C=O) groups excluding carboxylic acids is 5. The Labute approximate surface area is 286 Å². The molecule has 0 unspecified atom stereocenters. The second-order valence-corrected chi connectivity index (χ2v) is 14.6. The topological polar surface area (TPSA) is 163 Å². The number of carbonyl (C=O) groups is 5. The number of hydrogen-bond acceptors (Lipinski definition) is 8. The molecule has 3 heterocycles. The van der Waals surface area contributed by atoms with Crippen molar-refractivity contribution in [3.05, 3.63) is 58.9 Å². The fourth-order valence-corrected chi connectivity index (χ4v) is 6.12. The molecule has 13 heteroatoms. The molecule has 3 aromatic rings. The summed E-state index contributed by atoms with van der Waals surface area (Å²) in [7, 11) is 0. The smallest absolute Gasteiger partial charge is 0.410 e. The Bertz CT molecular complexity index is 1770. The average Bonchev–Trinajstić information content (AvgIpc) is 3.78. The Hall–Kier alpha value is -4.94. The number of anilines is 1. The maximum Gasteiger partial charge on any atom is 0.410 e. The van der Waals surface area contributed by atoms with Gasteiger partial charge in [0, 0.05) is 29.9 Å². The highest BCUT2D eigenvalue weighted by molar-refractivity contribution is 6.05. The minimum absolute atomic E-state index is 0.247. The second-order valence-electron chi connectivity index (χ2n) is 14.6. The van der Waals surface area contributed by atoms with Gasteiger partial charge in [0.15, 0.2) is 5.78 Å². The molecular weight excluding hydrogens is 628 g/mol. The molecule has 49 heavy (non-hydrogen) atoms. The van der Waals surface area contributed by atoms with Crippen molar-refractivity contribution in [1.82, 2.24) is 25.1 Å². The van der Waals surface area contributed by atoms with Crippen LogP contribution in [-0.2, 0) is 14.3 Å². The molecule has 0 aliphatic carbocycles. The molecule has 1 aromatic heterocycles. The standard InChI is InChI=1S/C36H46N6O7/c1-21-23(11-8-12-24(21)40-32(45)28-14-10-18-42(28)34(47)49-36(5,6)7)31(44)37-20-29(43)22-15-16-25-26(19-22)39-30(38-25)27-13-9-17-41(27)33(46)48-35(2,3)4/h8,11-12,15-16,19,27-28H,9-10,13-14,17-18,20H2,1-7H3,(H,37,44)(H,38,39)(H,40,45)/t27-,28-/m0/s1. The van der Waals surface area contributed by atoms with E-state index in [1.165, 1.54) is 4.90 Å². The van der Waals surface area contributed by atoms with E-state index in [2.05, 4.69) is 20.6 Å². The van der Waals surface area contributed by atoms with Crippen LogP contribution < -0.4 is 10.6 Å². The van der Waals surface area contributed by atoms with Crippen LogP contribution in [0.15, 0.2) is 36.4 Å². The lowest BCUT2D eigenvalue weighted by Gasteiger charge is -2.28. The number of ether oxygens (including phenoxy) is 2. The molecule has 2 aliphatic rings. The summed E-state index contributed by atoms with van der Waals surface area (Å²) >= 11 is 0. The predicted octanol–water partition coefficient (Wildman–Crippen LogP) is 5.89. The van der Waals surface area contributed by atoms with Gasteiger partial charge in [-0.25, -0.2) is 14.6 Å². The third-order valence-electron chi connectivity index (χ3n) is 8.45. The van der Waals surface area contributed by atoms with E-state index in [4.69, 9.17) is 9.47 Å². The summed E-state index contributed by atoms with van der Waals surface area (Å²) in [6.45, 7) is 13.3. The number of likely N-dealkylation sites (tertiary alicyclic amines) is 2. The number of Topliss-reactive ketones (excluding diaryl/α,β-unsaturated/α-hetero) is 1. The first-order valence-corrected chi connectivity index (χ1v) is 16.7. The number of nitrogens with one attached hydrogen (secondary N) is 3. The number of nitrogens with zero attached hydrogens (tertiary/aromatic N) is 3. The molecule has 0 bridgehead atoms. The van der Waals surface area contributed by atoms with Gasteiger partial charge in [0.05, 0.1) is 23.6 Å². The minimum atomic E-state index is -0.685. The summed E-state index contributed by atoms with van der Waals surface area (Å²) in [5.41, 5.74) is 1.68. The number of aromatic nitrogens is 2. The summed E-state index contributed by atoms with van der Waals surface area (Å²) in [6, 6.07) is 9.11. The molecule has 2 saturated heterocycles. The van der Waals surface area contributed by atoms with Gasteiger partial charge in [-0.2, -0.15) is 0 Å². The van der Waals surface area contributed by atoms with Crippen LogP contribution in [0.5, 0.6) is 0 Å². The van der Waals surface area contributed by atoms with Crippen molar-refractivity contribution in [3.63, 3.8) is 0 Å². The van der Waals surface area contributed by atoms with Crippen LogP contribution in [0.2, 0.25) is 0 Å². The van der Waals surface area contributed by atoms with Crippen LogP contribution in [0, 0.1) is 6.92 Å². The Kier molecular flexibility index (Phi) is 10.0. The second kappa shape index (κ2) is 13.9. The lowest BCUT2D eigenvalue weighted by atomic mass is 10.0. The highest BCUT2D eigenvalue weighted by Gasteiger charge is 2.37. The van der Waals surface area contributed by atoms with E-state index in [9.17, 15) is 24.0 Å². The molecule has 0 radical (unpaired) electrons. The van der Waals surface area contributed by atoms with Gasteiger partial charge in [0.25, 0.3) is 5.91 Å². The first kappa shape index (κ1) is 35.4. The van der Waals surface area contributed by atoms with Gasteiger partial charge in [0.2, 0.25) is 5.91 Å². The van der Waals surface area contributed by atoms with Crippen molar-refractivity contribution < 1.29 is 33.4 Å². The maximum atomic E-state index is 13.2. The highest BCUT2D eigenvalue weighted by Crippen LogP contribution is 2.33. The van der Waals surface area contributed by atoms with Crippen molar-refractivity contribution in [1.29, 1.82) is 0 Å². The quantitative estimate of drug-likeness (QED) is 0.261. The van der Waals surface area contributed by atoms with Crippen LogP contribution in [0.3, 0.4) is 0 Å². The van der Waals surface area contributed by atoms with Crippen LogP contribution in [0.4, 0.5) is 15.3 Å². The number of amides is 4. The van der Waals surface area contributed by atoms with E-state index < -0.39 is 29.2 Å². The molecule has 2 aromatic carbocycles. The molecule has 262 valence electrons. The maximum absolute atomic E-state index is 13.2. The zero-order valence-electron chi connectivity index (χ0n) is 29.3. The lowest BCUT2D eigenvalue weighted by Crippen LogP contribution is -2.45. The number of aromatic amines is 1. The zero-order valence-corrected chi connectivity index (χ0v) is 29.3. The Morgan fingerprint density at radius 3 is 2.24 bits per heavy atom. The van der Waals surface area contributed by atoms with Gasteiger partial charge in [-0.05, 0) is 110 Å². The van der Waals surface area contributed by atoms with Crippen molar-refractivity contribution in [3.8, 4) is 0 Å². The fourth-order valence-electron chi connectivity index (χ4n) is 6.12. The van der Waals surface area contributed by atoms with Gasteiger partial charge in [-0.3, -0.25) is 24.2 Å². The van der Waals surface area contributed by atoms with Crippen molar-refractivity contribution in [2.45, 2.75) is 97.4 Å². The van der Waals surface area contributed by atoms with Crippen LogP contribution in [-0.4, -0.2) is 86.4 Å². The number of hydrogen-bond donors (Lipinski definition) is 3. The highest BCUT2D eigenvalue weighted by atomic mass is 16.6. The third kappa shape index (κ3) is 8.38. The van der Waals surface area contributed by atoms with Gasteiger partial charge in [0.1, 0.15) is 23.1 Å². The number of ketones is 1. The van der Waals surface area contributed by atoms with Gasteiger partial charge in [-0.1, -0.05) is 6.07 Å². The molecule has 4 amide bonds. The van der Waals surface area contributed by atoms with E-state index >= 15 is 0 Å². The van der Waals surface area contributed by atoms with Gasteiger partial charge < -0.3 is 25.1 Å². The first-order valence-electron chi connectivity index (χ1n) is 16.7. The number of imidazole rings is 1. The normalized spacial score (nSPS) is 18.0. The summed E-state index contributed by atoms with van der Waals surface area (Å²) in [6.07, 6.45) is 1.82. The Morgan fingerprint density at radius 2 is 1.55 bits per heavy atom. The van der Waals surface area contributed by atoms with E-state index in [1.54, 1.807) is 69.0 Å². The molecule has 5 rings (SSSR count). The number of benzene rings is 2. The Morgan fingerprint density at radius 1 is 0.898 bits per heavy atom. The number of rotatable bonds is 7. The molecule has 13 nitrogen and oxygen atoms in total. The molecule has 0 saturated carbocycles. The van der Waals surface area contributed by atoms with Crippen molar-refractivity contribution in [2.75, 3.05) is 25.0 Å². The molecule has 2 aliphatic heterocycles. The summed E-state index contributed by atoms with van der Waals surface area (Å²) in [5.74, 6) is -0.494. The van der Waals surface area contributed by atoms with Crippen LogP contribution >= 0.6 is 0 Å². The number of H-pyrrole nitrogens is 1. The predicted molar refractivity (Wildman–Crippen MR) is 183 cm³/mol.